The molecule has 2 aromatic rings. The minimum atomic E-state index is -0.705. The molecule has 1 aliphatic rings. The molecule has 5 nitrogen and oxygen atoms in total. The summed E-state index contributed by atoms with van der Waals surface area (Å²) in [4.78, 5) is 27.9. The number of ether oxygens (including phenoxy) is 1. The van der Waals surface area contributed by atoms with Crippen LogP contribution in [0.15, 0.2) is 42.5 Å². The first kappa shape index (κ1) is 27.3. The van der Waals surface area contributed by atoms with E-state index in [2.05, 4.69) is 26.1 Å². The minimum Gasteiger partial charge on any atom is -0.484 e. The molecule has 0 saturated heterocycles. The van der Waals surface area contributed by atoms with Crippen LogP contribution in [-0.4, -0.2) is 35.4 Å². The topological polar surface area (TPSA) is 58.6 Å². The Hall–Kier alpha value is -2.24. The van der Waals surface area contributed by atoms with Crippen LogP contribution < -0.4 is 10.1 Å². The van der Waals surface area contributed by atoms with Crippen LogP contribution in [0.5, 0.6) is 5.75 Å². The lowest BCUT2D eigenvalue weighted by Gasteiger charge is -2.31. The van der Waals surface area contributed by atoms with Gasteiger partial charge in [-0.15, -0.1) is 0 Å². The van der Waals surface area contributed by atoms with Crippen LogP contribution in [0.2, 0.25) is 10.0 Å². The van der Waals surface area contributed by atoms with Crippen molar-refractivity contribution in [3.63, 3.8) is 0 Å². The van der Waals surface area contributed by atoms with Crippen LogP contribution in [0.3, 0.4) is 0 Å². The van der Waals surface area contributed by atoms with Crippen molar-refractivity contribution in [3.05, 3.63) is 63.6 Å². The molecule has 0 aliphatic heterocycles. The molecule has 35 heavy (non-hydrogen) atoms. The van der Waals surface area contributed by atoms with E-state index in [9.17, 15) is 9.59 Å². The normalized spacial score (nSPS) is 15.4. The molecule has 3 rings (SSSR count). The van der Waals surface area contributed by atoms with Gasteiger partial charge < -0.3 is 15.0 Å². The van der Waals surface area contributed by atoms with Gasteiger partial charge in [0.2, 0.25) is 5.91 Å². The highest BCUT2D eigenvalue weighted by atomic mass is 35.5. The van der Waals surface area contributed by atoms with Gasteiger partial charge in [0.1, 0.15) is 11.8 Å². The fourth-order valence-corrected chi connectivity index (χ4v) is 4.80. The summed E-state index contributed by atoms with van der Waals surface area (Å²) in [5.74, 6) is 0.108. The second-order valence-electron chi connectivity index (χ2n) is 10.3. The SMILES string of the molecule is C[C@@H](C(=O)NC1CCCCC1)N(Cc1c(Cl)cccc1Cl)C(=O)COc1ccc(C(C)(C)C)cc1. The number of halogens is 2. The van der Waals surface area contributed by atoms with Crippen LogP contribution in [0.4, 0.5) is 0 Å². The maximum Gasteiger partial charge on any atom is 0.261 e. The molecule has 2 amide bonds. The minimum absolute atomic E-state index is 0.0283. The molecule has 0 aromatic heterocycles. The second-order valence-corrected chi connectivity index (χ2v) is 11.1. The standard InChI is InChI=1S/C28H36Cl2N2O3/c1-19(27(34)31-21-9-6-5-7-10-21)32(17-23-24(29)11-8-12-25(23)30)26(33)18-35-22-15-13-20(14-16-22)28(2,3)4/h8,11-16,19,21H,5-7,9-10,17-18H2,1-4H3,(H,31,34)/t19-/m0/s1. The van der Waals surface area contributed by atoms with E-state index in [1.165, 1.54) is 16.9 Å². The van der Waals surface area contributed by atoms with E-state index < -0.39 is 6.04 Å². The molecular weight excluding hydrogens is 483 g/mol. The van der Waals surface area contributed by atoms with E-state index >= 15 is 0 Å². The molecule has 1 fully saturated rings. The Kier molecular flexibility index (Phi) is 9.48. The van der Waals surface area contributed by atoms with Gasteiger partial charge in [0.25, 0.3) is 5.91 Å². The molecule has 0 heterocycles. The summed E-state index contributed by atoms with van der Waals surface area (Å²) in [5.41, 5.74) is 1.82. The van der Waals surface area contributed by atoms with Crippen molar-refractivity contribution in [1.82, 2.24) is 10.2 Å². The summed E-state index contributed by atoms with van der Waals surface area (Å²) < 4.78 is 5.81. The third kappa shape index (κ3) is 7.62. The molecule has 0 spiro atoms. The van der Waals surface area contributed by atoms with E-state index in [-0.39, 0.29) is 36.4 Å². The van der Waals surface area contributed by atoms with Crippen LogP contribution in [0, 0.1) is 0 Å². The predicted molar refractivity (Wildman–Crippen MR) is 142 cm³/mol. The largest absolute Gasteiger partial charge is 0.484 e. The monoisotopic (exact) mass is 518 g/mol. The maximum absolute atomic E-state index is 13.3. The third-order valence-electron chi connectivity index (χ3n) is 6.59. The number of hydrogen-bond donors (Lipinski definition) is 1. The first-order valence-electron chi connectivity index (χ1n) is 12.3. The van der Waals surface area contributed by atoms with Crippen LogP contribution >= 0.6 is 23.2 Å². The summed E-state index contributed by atoms with van der Waals surface area (Å²) in [5, 5.41) is 4.03. The zero-order valence-electron chi connectivity index (χ0n) is 21.1. The number of nitrogens with zero attached hydrogens (tertiary/aromatic N) is 1. The molecule has 1 N–H and O–H groups in total. The lowest BCUT2D eigenvalue weighted by molar-refractivity contribution is -0.142. The molecule has 0 bridgehead atoms. The summed E-state index contributed by atoms with van der Waals surface area (Å²) in [7, 11) is 0. The highest BCUT2D eigenvalue weighted by molar-refractivity contribution is 6.36. The molecule has 190 valence electrons. The van der Waals surface area contributed by atoms with Gasteiger partial charge in [0, 0.05) is 28.2 Å². The molecular formula is C28H36Cl2N2O3. The van der Waals surface area contributed by atoms with Crippen molar-refractivity contribution in [2.75, 3.05) is 6.61 Å². The molecule has 2 aromatic carbocycles. The Morgan fingerprint density at radius 3 is 2.20 bits per heavy atom. The van der Waals surface area contributed by atoms with Crippen LogP contribution in [0.1, 0.15) is 70.9 Å². The molecule has 0 radical (unpaired) electrons. The third-order valence-corrected chi connectivity index (χ3v) is 7.30. The van der Waals surface area contributed by atoms with Crippen LogP contribution in [-0.2, 0) is 21.5 Å². The van der Waals surface area contributed by atoms with Crippen LogP contribution in [0.25, 0.3) is 0 Å². The van der Waals surface area contributed by atoms with Crippen molar-refractivity contribution in [2.24, 2.45) is 0 Å². The number of nitrogens with one attached hydrogen (secondary N) is 1. The Balaban J connectivity index is 1.74. The van der Waals surface area contributed by atoms with Gasteiger partial charge in [-0.25, -0.2) is 0 Å². The molecule has 7 heteroatoms. The van der Waals surface area contributed by atoms with E-state index in [0.717, 1.165) is 25.7 Å². The maximum atomic E-state index is 13.3. The fraction of sp³-hybridized carbons (Fsp3) is 0.500. The van der Waals surface area contributed by atoms with Gasteiger partial charge >= 0.3 is 0 Å². The summed E-state index contributed by atoms with van der Waals surface area (Å²) in [6.45, 7) is 8.08. The molecule has 1 aliphatic carbocycles. The second kappa shape index (κ2) is 12.1. The average Bonchev–Trinajstić information content (AvgIpc) is 2.82. The highest BCUT2D eigenvalue weighted by Crippen LogP contribution is 2.27. The predicted octanol–water partition coefficient (Wildman–Crippen LogP) is 6.54. The quantitative estimate of drug-likeness (QED) is 0.431. The number of rotatable bonds is 8. The lowest BCUT2D eigenvalue weighted by atomic mass is 9.87. The Labute approximate surface area is 219 Å². The van der Waals surface area contributed by atoms with Gasteiger partial charge in [-0.05, 0) is 55.0 Å². The number of carbonyl (C=O) groups excluding carboxylic acids is 2. The number of benzene rings is 2. The molecule has 1 saturated carbocycles. The van der Waals surface area contributed by atoms with Gasteiger partial charge in [0.15, 0.2) is 6.61 Å². The highest BCUT2D eigenvalue weighted by Gasteiger charge is 2.29. The zero-order chi connectivity index (χ0) is 25.6. The average molecular weight is 520 g/mol. The first-order chi connectivity index (χ1) is 16.6. The Bertz CT molecular complexity index is 992. The van der Waals surface area contributed by atoms with Crippen molar-refractivity contribution in [2.45, 2.75) is 83.8 Å². The smallest absolute Gasteiger partial charge is 0.261 e. The van der Waals surface area contributed by atoms with E-state index in [1.807, 2.05) is 24.3 Å². The number of hydrogen-bond acceptors (Lipinski definition) is 3. The Morgan fingerprint density at radius 2 is 1.63 bits per heavy atom. The molecule has 0 unspecified atom stereocenters. The Morgan fingerprint density at radius 1 is 1.03 bits per heavy atom. The van der Waals surface area contributed by atoms with E-state index in [4.69, 9.17) is 27.9 Å². The van der Waals surface area contributed by atoms with Crippen molar-refractivity contribution < 1.29 is 14.3 Å². The summed E-state index contributed by atoms with van der Waals surface area (Å²) in [6.07, 6.45) is 5.36. The van der Waals surface area contributed by atoms with E-state index in [1.54, 1.807) is 25.1 Å². The zero-order valence-corrected chi connectivity index (χ0v) is 22.6. The first-order valence-corrected chi connectivity index (χ1v) is 13.1. The van der Waals surface area contributed by atoms with Crippen molar-refractivity contribution >= 4 is 35.0 Å². The van der Waals surface area contributed by atoms with E-state index in [0.29, 0.717) is 21.4 Å². The van der Waals surface area contributed by atoms with Gasteiger partial charge in [-0.2, -0.15) is 0 Å². The lowest BCUT2D eigenvalue weighted by Crippen LogP contribution is -2.51. The van der Waals surface area contributed by atoms with Gasteiger partial charge in [-0.1, -0.05) is 81.4 Å². The van der Waals surface area contributed by atoms with Gasteiger partial charge in [0.05, 0.1) is 0 Å². The fourth-order valence-electron chi connectivity index (χ4n) is 4.28. The molecule has 1 atom stereocenters. The van der Waals surface area contributed by atoms with Crippen molar-refractivity contribution in [1.29, 1.82) is 0 Å². The summed E-state index contributed by atoms with van der Waals surface area (Å²) in [6, 6.07) is 12.4. The number of carbonyl (C=O) groups is 2. The van der Waals surface area contributed by atoms with Crippen molar-refractivity contribution in [3.8, 4) is 5.75 Å². The van der Waals surface area contributed by atoms with Gasteiger partial charge in [-0.3, -0.25) is 9.59 Å². The summed E-state index contributed by atoms with van der Waals surface area (Å²) >= 11 is 12.8. The number of amides is 2.